The molecule has 21 heavy (non-hydrogen) atoms. The molecule has 0 aliphatic rings. The van der Waals surface area contributed by atoms with E-state index in [2.05, 4.69) is 0 Å². The minimum Gasteiger partial charge on any atom is -0.214 e. The van der Waals surface area contributed by atoms with Crippen LogP contribution in [0.1, 0.15) is 5.56 Å². The minimum absolute atomic E-state index is 0.0662. The van der Waals surface area contributed by atoms with Crippen molar-refractivity contribution in [1.29, 1.82) is 0 Å². The Labute approximate surface area is 125 Å². The molecular weight excluding hydrogens is 325 g/mol. The van der Waals surface area contributed by atoms with Crippen LogP contribution in [0.3, 0.4) is 0 Å². The van der Waals surface area contributed by atoms with E-state index < -0.39 is 20.2 Å². The van der Waals surface area contributed by atoms with Crippen LogP contribution in [-0.4, -0.2) is 13.9 Å². The van der Waals surface area contributed by atoms with E-state index in [9.17, 15) is 21.6 Å². The molecule has 0 atom stereocenters. The van der Waals surface area contributed by atoms with E-state index in [1.165, 1.54) is 12.1 Å². The third-order valence-corrected chi connectivity index (χ3v) is 4.64. The van der Waals surface area contributed by atoms with Gasteiger partial charge in [-0.1, -0.05) is 41.4 Å². The predicted molar refractivity (Wildman–Crippen MR) is 74.9 cm³/mol. The van der Waals surface area contributed by atoms with Gasteiger partial charge in [0.2, 0.25) is 0 Å². The van der Waals surface area contributed by atoms with Crippen molar-refractivity contribution in [2.75, 3.05) is 0 Å². The van der Waals surface area contributed by atoms with Gasteiger partial charge in [0.25, 0.3) is 9.84 Å². The van der Waals surface area contributed by atoms with Crippen molar-refractivity contribution in [2.45, 2.75) is 17.3 Å². The van der Waals surface area contributed by atoms with Crippen molar-refractivity contribution in [1.82, 2.24) is 0 Å². The van der Waals surface area contributed by atoms with Crippen molar-refractivity contribution in [3.63, 3.8) is 0 Å². The summed E-state index contributed by atoms with van der Waals surface area (Å²) in [6, 6.07) is 9.74. The molecule has 0 N–H and O–H groups in total. The lowest BCUT2D eigenvalue weighted by Crippen LogP contribution is -2.23. The highest BCUT2D eigenvalue weighted by molar-refractivity contribution is 7.92. The second kappa shape index (κ2) is 5.35. The highest BCUT2D eigenvalue weighted by Gasteiger charge is 2.47. The summed E-state index contributed by atoms with van der Waals surface area (Å²) < 4.78 is 61.7. The third-order valence-electron chi connectivity index (χ3n) is 2.86. The zero-order chi connectivity index (χ0) is 15.8. The van der Waals surface area contributed by atoms with Crippen LogP contribution >= 0.6 is 11.6 Å². The van der Waals surface area contributed by atoms with Crippen molar-refractivity contribution in [2.24, 2.45) is 0 Å². The third kappa shape index (κ3) is 3.06. The molecule has 0 unspecified atom stereocenters. The van der Waals surface area contributed by atoms with Gasteiger partial charge in [-0.15, -0.1) is 0 Å². The van der Waals surface area contributed by atoms with Gasteiger partial charge in [-0.05, 0) is 30.7 Å². The SMILES string of the molecule is Cc1cccc(-c2cc(Cl)ccc2S(=O)(=O)C(F)(F)F)c1. The molecule has 2 rings (SSSR count). The largest absolute Gasteiger partial charge is 0.501 e. The molecule has 0 saturated carbocycles. The zero-order valence-corrected chi connectivity index (χ0v) is 12.4. The first-order valence-electron chi connectivity index (χ1n) is 5.81. The molecule has 0 amide bonds. The highest BCUT2D eigenvalue weighted by atomic mass is 35.5. The first kappa shape index (κ1) is 15.9. The smallest absolute Gasteiger partial charge is 0.214 e. The zero-order valence-electron chi connectivity index (χ0n) is 10.8. The summed E-state index contributed by atoms with van der Waals surface area (Å²) in [5.74, 6) is 0. The van der Waals surface area contributed by atoms with Gasteiger partial charge in [-0.3, -0.25) is 0 Å². The molecular formula is C14H10ClF3O2S. The summed E-state index contributed by atoms with van der Waals surface area (Å²) in [5.41, 5.74) is -4.27. The maximum Gasteiger partial charge on any atom is 0.501 e. The Morgan fingerprint density at radius 1 is 1.05 bits per heavy atom. The van der Waals surface area contributed by atoms with Crippen LogP contribution in [0.25, 0.3) is 11.1 Å². The van der Waals surface area contributed by atoms with Crippen LogP contribution in [0.15, 0.2) is 47.4 Å². The topological polar surface area (TPSA) is 34.1 Å². The Hall–Kier alpha value is -1.53. The van der Waals surface area contributed by atoms with Gasteiger partial charge in [0.05, 0.1) is 4.90 Å². The van der Waals surface area contributed by atoms with Gasteiger partial charge < -0.3 is 0 Å². The van der Waals surface area contributed by atoms with E-state index in [4.69, 9.17) is 11.6 Å². The van der Waals surface area contributed by atoms with Crippen LogP contribution in [-0.2, 0) is 9.84 Å². The van der Waals surface area contributed by atoms with Crippen molar-refractivity contribution in [3.05, 3.63) is 53.1 Å². The number of halogens is 4. The average Bonchev–Trinajstić information content (AvgIpc) is 2.37. The lowest BCUT2D eigenvalue weighted by molar-refractivity contribution is -0.0435. The number of aryl methyl sites for hydroxylation is 1. The summed E-state index contributed by atoms with van der Waals surface area (Å²) in [5, 5.41) is 0.160. The predicted octanol–water partition coefficient (Wildman–Crippen LogP) is 4.61. The van der Waals surface area contributed by atoms with Crippen LogP contribution in [0.5, 0.6) is 0 Å². The summed E-state index contributed by atoms with van der Waals surface area (Å²) in [4.78, 5) is -0.801. The molecule has 0 aliphatic carbocycles. The summed E-state index contributed by atoms with van der Waals surface area (Å²) in [6.07, 6.45) is 0. The maximum atomic E-state index is 12.8. The molecule has 0 saturated heterocycles. The molecule has 2 aromatic rings. The Balaban J connectivity index is 2.76. The number of rotatable bonds is 2. The van der Waals surface area contributed by atoms with Gasteiger partial charge in [0.15, 0.2) is 0 Å². The number of alkyl halides is 3. The maximum absolute atomic E-state index is 12.8. The Morgan fingerprint density at radius 2 is 1.71 bits per heavy atom. The van der Waals surface area contributed by atoms with Crippen LogP contribution in [0.2, 0.25) is 5.02 Å². The van der Waals surface area contributed by atoms with E-state index in [0.29, 0.717) is 5.56 Å². The molecule has 0 bridgehead atoms. The Bertz CT molecular complexity index is 783. The van der Waals surface area contributed by atoms with Crippen molar-refractivity contribution in [3.8, 4) is 11.1 Å². The van der Waals surface area contributed by atoms with Crippen LogP contribution in [0.4, 0.5) is 13.2 Å². The Kier molecular flexibility index (Phi) is 4.04. The first-order chi connectivity index (χ1) is 9.63. The molecule has 0 fully saturated rings. The van der Waals surface area contributed by atoms with Gasteiger partial charge in [0, 0.05) is 10.6 Å². The normalized spacial score (nSPS) is 12.4. The molecule has 2 aromatic carbocycles. The average molecular weight is 335 g/mol. The van der Waals surface area contributed by atoms with Crippen molar-refractivity contribution >= 4 is 21.4 Å². The number of hydrogen-bond donors (Lipinski definition) is 0. The lowest BCUT2D eigenvalue weighted by Gasteiger charge is -2.13. The summed E-state index contributed by atoms with van der Waals surface area (Å²) >= 11 is 5.79. The van der Waals surface area contributed by atoms with E-state index in [1.54, 1.807) is 25.1 Å². The standard InChI is InChI=1S/C14H10ClF3O2S/c1-9-3-2-4-10(7-9)12-8-11(15)5-6-13(12)21(19,20)14(16,17)18/h2-8H,1H3. The highest BCUT2D eigenvalue weighted by Crippen LogP contribution is 2.37. The second-order valence-electron chi connectivity index (χ2n) is 4.46. The summed E-state index contributed by atoms with van der Waals surface area (Å²) in [6.45, 7) is 1.76. The van der Waals surface area contributed by atoms with Gasteiger partial charge >= 0.3 is 5.51 Å². The number of benzene rings is 2. The van der Waals surface area contributed by atoms with Crippen LogP contribution < -0.4 is 0 Å². The molecule has 7 heteroatoms. The van der Waals surface area contributed by atoms with E-state index in [-0.39, 0.29) is 10.6 Å². The van der Waals surface area contributed by atoms with E-state index in [1.807, 2.05) is 0 Å². The molecule has 0 heterocycles. The fraction of sp³-hybridized carbons (Fsp3) is 0.143. The number of sulfone groups is 1. The van der Waals surface area contributed by atoms with E-state index >= 15 is 0 Å². The fourth-order valence-electron chi connectivity index (χ4n) is 1.90. The van der Waals surface area contributed by atoms with Gasteiger partial charge in [-0.25, -0.2) is 8.42 Å². The van der Waals surface area contributed by atoms with Crippen molar-refractivity contribution < 1.29 is 21.6 Å². The van der Waals surface area contributed by atoms with Gasteiger partial charge in [-0.2, -0.15) is 13.2 Å². The first-order valence-corrected chi connectivity index (χ1v) is 7.67. The minimum atomic E-state index is -5.44. The van der Waals surface area contributed by atoms with Gasteiger partial charge in [0.1, 0.15) is 0 Å². The lowest BCUT2D eigenvalue weighted by atomic mass is 10.0. The molecule has 0 aliphatic heterocycles. The fourth-order valence-corrected chi connectivity index (χ4v) is 3.03. The Morgan fingerprint density at radius 3 is 2.29 bits per heavy atom. The quantitative estimate of drug-likeness (QED) is 0.803. The monoisotopic (exact) mass is 334 g/mol. The number of hydrogen-bond acceptors (Lipinski definition) is 2. The van der Waals surface area contributed by atoms with E-state index in [0.717, 1.165) is 17.7 Å². The molecule has 112 valence electrons. The molecule has 0 aromatic heterocycles. The summed E-state index contributed by atoms with van der Waals surface area (Å²) in [7, 11) is -5.44. The molecule has 2 nitrogen and oxygen atoms in total. The molecule has 0 radical (unpaired) electrons. The molecule has 0 spiro atoms. The van der Waals surface area contributed by atoms with Crippen LogP contribution in [0, 0.1) is 6.92 Å². The second-order valence-corrected chi connectivity index (χ2v) is 6.81.